The molecule has 0 atom stereocenters. The predicted octanol–water partition coefficient (Wildman–Crippen LogP) is 2.20. The minimum Gasteiger partial charge on any atom is -0.464 e. The molecule has 6 heteroatoms. The number of tetrazole rings is 1. The van der Waals surface area contributed by atoms with Gasteiger partial charge in [0, 0.05) is 7.05 Å². The van der Waals surface area contributed by atoms with Gasteiger partial charge in [-0.25, -0.2) is 0 Å². The van der Waals surface area contributed by atoms with Crippen LogP contribution < -0.4 is 4.90 Å². The fourth-order valence-corrected chi connectivity index (χ4v) is 2.03. The molecule has 2 aromatic heterocycles. The largest absolute Gasteiger partial charge is 0.464 e. The van der Waals surface area contributed by atoms with Crippen molar-refractivity contribution >= 4 is 5.95 Å². The molecule has 0 aliphatic heterocycles. The molecule has 0 amide bonds. The molecule has 0 aliphatic rings. The number of aryl methyl sites for hydroxylation is 1. The molecule has 0 bridgehead atoms. The molecule has 102 valence electrons. The molecule has 0 radical (unpaired) electrons. The van der Waals surface area contributed by atoms with E-state index in [9.17, 15) is 0 Å². The van der Waals surface area contributed by atoms with Crippen molar-refractivity contribution in [3.05, 3.63) is 54.0 Å². The Morgan fingerprint density at radius 2 is 1.95 bits per heavy atom. The Labute approximate surface area is 116 Å². The lowest BCUT2D eigenvalue weighted by molar-refractivity contribution is 0.480. The number of hydrogen-bond donors (Lipinski definition) is 0. The summed E-state index contributed by atoms with van der Waals surface area (Å²) in [6.45, 7) is 2.54. The highest BCUT2D eigenvalue weighted by Gasteiger charge is 2.14. The summed E-state index contributed by atoms with van der Waals surface area (Å²) in [5.74, 6) is 2.45. The Bertz CT molecular complexity index is 688. The topological polar surface area (TPSA) is 60.0 Å². The van der Waals surface area contributed by atoms with Gasteiger partial charge >= 0.3 is 0 Å². The Hall–Kier alpha value is -2.63. The number of hydrogen-bond acceptors (Lipinski definition) is 5. The third-order valence-corrected chi connectivity index (χ3v) is 2.98. The minimum absolute atomic E-state index is 0.612. The average Bonchev–Trinajstić information content (AvgIpc) is 3.09. The van der Waals surface area contributed by atoms with Gasteiger partial charge in [0.2, 0.25) is 0 Å². The zero-order valence-corrected chi connectivity index (χ0v) is 11.4. The van der Waals surface area contributed by atoms with Gasteiger partial charge in [-0.15, -0.1) is 0 Å². The molecule has 0 saturated carbocycles. The summed E-state index contributed by atoms with van der Waals surface area (Å²) in [5.41, 5.74) is 0.926. The number of nitrogens with zero attached hydrogens (tertiary/aromatic N) is 5. The van der Waals surface area contributed by atoms with Crippen LogP contribution in [0, 0.1) is 6.92 Å². The molecule has 0 fully saturated rings. The van der Waals surface area contributed by atoms with Gasteiger partial charge in [0.1, 0.15) is 11.5 Å². The summed E-state index contributed by atoms with van der Waals surface area (Å²) in [6, 6.07) is 13.7. The van der Waals surface area contributed by atoms with Gasteiger partial charge in [-0.1, -0.05) is 23.3 Å². The molecule has 20 heavy (non-hydrogen) atoms. The zero-order chi connectivity index (χ0) is 13.9. The standard InChI is InChI=1S/C14H15N5O/c1-11-8-9-13(20-11)10-18(2)14-15-16-17-19(14)12-6-4-3-5-7-12/h3-9H,10H2,1-2H3. The van der Waals surface area contributed by atoms with Crippen molar-refractivity contribution in [3.8, 4) is 5.69 Å². The van der Waals surface area contributed by atoms with Gasteiger partial charge < -0.3 is 9.32 Å². The number of rotatable bonds is 4. The van der Waals surface area contributed by atoms with Crippen LogP contribution >= 0.6 is 0 Å². The summed E-state index contributed by atoms with van der Waals surface area (Å²) in [5, 5.41) is 11.9. The van der Waals surface area contributed by atoms with E-state index in [1.165, 1.54) is 0 Å². The van der Waals surface area contributed by atoms with Crippen molar-refractivity contribution < 1.29 is 4.42 Å². The summed E-state index contributed by atoms with van der Waals surface area (Å²) in [7, 11) is 1.93. The summed E-state index contributed by atoms with van der Waals surface area (Å²) >= 11 is 0. The van der Waals surface area contributed by atoms with Gasteiger partial charge in [0.15, 0.2) is 0 Å². The number of aromatic nitrogens is 4. The fraction of sp³-hybridized carbons (Fsp3) is 0.214. The Morgan fingerprint density at radius 1 is 1.15 bits per heavy atom. The average molecular weight is 269 g/mol. The number of benzene rings is 1. The number of anilines is 1. The number of furan rings is 1. The molecule has 2 heterocycles. The predicted molar refractivity (Wildman–Crippen MR) is 74.7 cm³/mol. The molecular formula is C14H15N5O. The van der Waals surface area contributed by atoms with Crippen molar-refractivity contribution in [3.63, 3.8) is 0 Å². The van der Waals surface area contributed by atoms with E-state index >= 15 is 0 Å². The van der Waals surface area contributed by atoms with E-state index in [1.54, 1.807) is 4.68 Å². The van der Waals surface area contributed by atoms with Crippen molar-refractivity contribution in [2.45, 2.75) is 13.5 Å². The Morgan fingerprint density at radius 3 is 2.65 bits per heavy atom. The van der Waals surface area contributed by atoms with Gasteiger partial charge in [-0.2, -0.15) is 4.68 Å². The highest BCUT2D eigenvalue weighted by molar-refractivity contribution is 5.40. The maximum Gasteiger partial charge on any atom is 0.250 e. The van der Waals surface area contributed by atoms with Crippen LogP contribution in [0.25, 0.3) is 5.69 Å². The molecule has 0 unspecified atom stereocenters. The first kappa shape index (κ1) is 12.4. The van der Waals surface area contributed by atoms with Crippen molar-refractivity contribution in [2.24, 2.45) is 0 Å². The van der Waals surface area contributed by atoms with E-state index < -0.39 is 0 Å². The van der Waals surface area contributed by atoms with Gasteiger partial charge in [-0.3, -0.25) is 0 Å². The van der Waals surface area contributed by atoms with Gasteiger partial charge in [0.25, 0.3) is 5.95 Å². The lowest BCUT2D eigenvalue weighted by Crippen LogP contribution is -2.20. The molecule has 3 aromatic rings. The highest BCUT2D eigenvalue weighted by atomic mass is 16.3. The first-order valence-electron chi connectivity index (χ1n) is 6.34. The van der Waals surface area contributed by atoms with Crippen molar-refractivity contribution in [1.29, 1.82) is 0 Å². The van der Waals surface area contributed by atoms with Crippen LogP contribution in [-0.4, -0.2) is 27.3 Å². The van der Waals surface area contributed by atoms with Gasteiger partial charge in [-0.05, 0) is 41.6 Å². The maximum absolute atomic E-state index is 5.58. The summed E-state index contributed by atoms with van der Waals surface area (Å²) in [4.78, 5) is 1.95. The summed E-state index contributed by atoms with van der Waals surface area (Å²) in [6.07, 6.45) is 0. The zero-order valence-electron chi connectivity index (χ0n) is 11.4. The Kier molecular flexibility index (Phi) is 3.20. The highest BCUT2D eigenvalue weighted by Crippen LogP contribution is 2.17. The fourth-order valence-electron chi connectivity index (χ4n) is 2.03. The molecule has 0 N–H and O–H groups in total. The number of para-hydroxylation sites is 1. The van der Waals surface area contributed by atoms with Crippen molar-refractivity contribution in [2.75, 3.05) is 11.9 Å². The lowest BCUT2D eigenvalue weighted by Gasteiger charge is -2.16. The maximum atomic E-state index is 5.58. The first-order valence-corrected chi connectivity index (χ1v) is 6.34. The second-order valence-corrected chi connectivity index (χ2v) is 4.59. The molecule has 6 nitrogen and oxygen atoms in total. The molecule has 0 saturated heterocycles. The van der Waals surface area contributed by atoms with E-state index in [-0.39, 0.29) is 0 Å². The second-order valence-electron chi connectivity index (χ2n) is 4.59. The smallest absolute Gasteiger partial charge is 0.250 e. The van der Waals surface area contributed by atoms with Crippen LogP contribution in [0.1, 0.15) is 11.5 Å². The van der Waals surface area contributed by atoms with Crippen LogP contribution in [-0.2, 0) is 6.54 Å². The molecule has 0 spiro atoms. The monoisotopic (exact) mass is 269 g/mol. The second kappa shape index (κ2) is 5.16. The van der Waals surface area contributed by atoms with Crippen molar-refractivity contribution in [1.82, 2.24) is 20.2 Å². The quantitative estimate of drug-likeness (QED) is 0.726. The van der Waals surface area contributed by atoms with Crippen LogP contribution in [0.5, 0.6) is 0 Å². The third kappa shape index (κ3) is 2.40. The van der Waals surface area contributed by atoms with E-state index in [0.717, 1.165) is 17.2 Å². The van der Waals surface area contributed by atoms with Crippen LogP contribution in [0.3, 0.4) is 0 Å². The Balaban J connectivity index is 1.86. The minimum atomic E-state index is 0.612. The van der Waals surface area contributed by atoms with Crippen LogP contribution in [0.4, 0.5) is 5.95 Å². The SMILES string of the molecule is Cc1ccc(CN(C)c2nnnn2-c2ccccc2)o1. The van der Waals surface area contributed by atoms with E-state index in [0.29, 0.717) is 12.5 Å². The molecule has 3 rings (SSSR count). The van der Waals surface area contributed by atoms with Crippen LogP contribution in [0.2, 0.25) is 0 Å². The van der Waals surface area contributed by atoms with E-state index in [2.05, 4.69) is 15.5 Å². The van der Waals surface area contributed by atoms with E-state index in [1.807, 2.05) is 61.3 Å². The molecule has 0 aliphatic carbocycles. The normalized spacial score (nSPS) is 10.7. The third-order valence-electron chi connectivity index (χ3n) is 2.98. The lowest BCUT2D eigenvalue weighted by atomic mass is 10.3. The van der Waals surface area contributed by atoms with Gasteiger partial charge in [0.05, 0.1) is 12.2 Å². The van der Waals surface area contributed by atoms with Crippen LogP contribution in [0.15, 0.2) is 46.9 Å². The molecular weight excluding hydrogens is 254 g/mol. The molecule has 1 aromatic carbocycles. The first-order chi connectivity index (χ1) is 9.74. The van der Waals surface area contributed by atoms with E-state index in [4.69, 9.17) is 4.42 Å². The summed E-state index contributed by atoms with van der Waals surface area (Å²) < 4.78 is 7.28.